The van der Waals surface area contributed by atoms with E-state index in [4.69, 9.17) is 11.3 Å². The van der Waals surface area contributed by atoms with Crippen LogP contribution in [-0.4, -0.2) is 5.54 Å². The normalized spacial score (nSPS) is 12.7. The molecule has 0 atom stereocenters. The van der Waals surface area contributed by atoms with E-state index in [9.17, 15) is 0 Å². The SMILES string of the molecule is [C-]#[N+]C(C)(C)Cc1c2c([n+](C)c3ccsc13)-c1c(C)c(C)cc3cccc(c13)O2. The van der Waals surface area contributed by atoms with Gasteiger partial charge in [-0.3, -0.25) is 0 Å². The quantitative estimate of drug-likeness (QED) is 0.244. The second kappa shape index (κ2) is 6.05. The summed E-state index contributed by atoms with van der Waals surface area (Å²) < 4.78 is 10.1. The van der Waals surface area contributed by atoms with E-state index < -0.39 is 5.54 Å². The van der Waals surface area contributed by atoms with Gasteiger partial charge in [-0.15, -0.1) is 11.3 Å². The molecule has 0 bridgehead atoms. The highest BCUT2D eigenvalue weighted by Crippen LogP contribution is 2.50. The summed E-state index contributed by atoms with van der Waals surface area (Å²) in [6, 6.07) is 10.7. The average molecular weight is 400 g/mol. The van der Waals surface area contributed by atoms with Crippen LogP contribution in [0.4, 0.5) is 0 Å². The zero-order chi connectivity index (χ0) is 20.5. The molecule has 2 aromatic heterocycles. The predicted molar refractivity (Wildman–Crippen MR) is 120 cm³/mol. The number of pyridine rings is 1. The van der Waals surface area contributed by atoms with Crippen molar-refractivity contribution in [1.29, 1.82) is 0 Å². The average Bonchev–Trinajstić information content (AvgIpc) is 3.18. The van der Waals surface area contributed by atoms with Crippen molar-refractivity contribution in [3.8, 4) is 22.8 Å². The molecule has 29 heavy (non-hydrogen) atoms. The molecule has 0 amide bonds. The fourth-order valence-electron chi connectivity index (χ4n) is 4.49. The van der Waals surface area contributed by atoms with E-state index in [2.05, 4.69) is 66.0 Å². The summed E-state index contributed by atoms with van der Waals surface area (Å²) in [7, 11) is 2.13. The lowest BCUT2D eigenvalue weighted by molar-refractivity contribution is -0.633. The van der Waals surface area contributed by atoms with E-state index in [0.29, 0.717) is 6.42 Å². The van der Waals surface area contributed by atoms with Gasteiger partial charge in [-0.25, -0.2) is 6.57 Å². The summed E-state index contributed by atoms with van der Waals surface area (Å²) in [5, 5.41) is 4.53. The minimum absolute atomic E-state index is 0.484. The number of rotatable bonds is 2. The first-order chi connectivity index (χ1) is 13.8. The summed E-state index contributed by atoms with van der Waals surface area (Å²) >= 11 is 1.73. The smallest absolute Gasteiger partial charge is 0.257 e. The first kappa shape index (κ1) is 18.1. The lowest BCUT2D eigenvalue weighted by atomic mass is 9.88. The Balaban J connectivity index is 1.97. The van der Waals surface area contributed by atoms with Crippen LogP contribution in [0.3, 0.4) is 0 Å². The molecule has 3 nitrogen and oxygen atoms in total. The van der Waals surface area contributed by atoms with Gasteiger partial charge in [0.1, 0.15) is 17.5 Å². The number of hydrogen-bond acceptors (Lipinski definition) is 2. The maximum atomic E-state index is 7.66. The summed E-state index contributed by atoms with van der Waals surface area (Å²) in [6.45, 7) is 16.1. The molecule has 0 unspecified atom stereocenters. The van der Waals surface area contributed by atoms with Crippen LogP contribution in [0, 0.1) is 20.4 Å². The van der Waals surface area contributed by atoms with Crippen LogP contribution >= 0.6 is 11.3 Å². The number of ether oxygens (including phenoxy) is 1. The lowest BCUT2D eigenvalue weighted by Crippen LogP contribution is -2.34. The molecule has 3 heterocycles. The van der Waals surface area contributed by atoms with Crippen molar-refractivity contribution in [2.45, 2.75) is 39.7 Å². The monoisotopic (exact) mass is 399 g/mol. The van der Waals surface area contributed by atoms with Crippen molar-refractivity contribution < 1.29 is 9.30 Å². The van der Waals surface area contributed by atoms with Crippen molar-refractivity contribution >= 4 is 32.3 Å². The molecule has 4 aromatic rings. The summed E-state index contributed by atoms with van der Waals surface area (Å²) in [5.41, 5.74) is 6.81. The fraction of sp³-hybridized carbons (Fsp3) is 0.280. The Morgan fingerprint density at radius 3 is 2.76 bits per heavy atom. The molecule has 0 spiro atoms. The Morgan fingerprint density at radius 1 is 1.21 bits per heavy atom. The van der Waals surface area contributed by atoms with E-state index in [1.807, 2.05) is 13.8 Å². The standard InChI is InChI=1S/C25H23N2OS/c1-14-12-16-8-7-9-19-21(16)20(15(14)2)22-23(28-19)17(13-25(3,4)26-5)24-18(27(22)6)10-11-29-24/h7-12H,13H2,1-4,6H3/q+1. The van der Waals surface area contributed by atoms with Gasteiger partial charge < -0.3 is 9.58 Å². The lowest BCUT2D eigenvalue weighted by Gasteiger charge is -2.24. The minimum Gasteiger partial charge on any atom is -0.449 e. The molecule has 5 rings (SSSR count). The van der Waals surface area contributed by atoms with Crippen molar-refractivity contribution in [1.82, 2.24) is 0 Å². The molecule has 0 saturated carbocycles. The first-order valence-electron chi connectivity index (χ1n) is 9.84. The first-order valence-corrected chi connectivity index (χ1v) is 10.7. The third-order valence-corrected chi connectivity index (χ3v) is 7.08. The molecule has 0 fully saturated rings. The molecular weight excluding hydrogens is 376 g/mol. The maximum Gasteiger partial charge on any atom is 0.257 e. The van der Waals surface area contributed by atoms with Gasteiger partial charge in [0.05, 0.1) is 12.0 Å². The van der Waals surface area contributed by atoms with Crippen molar-refractivity contribution in [3.63, 3.8) is 0 Å². The fourth-order valence-corrected chi connectivity index (χ4v) is 5.45. The van der Waals surface area contributed by atoms with Gasteiger partial charge in [0.25, 0.3) is 5.69 Å². The Kier molecular flexibility index (Phi) is 3.78. The van der Waals surface area contributed by atoms with Gasteiger partial charge in [-0.1, -0.05) is 18.2 Å². The Labute approximate surface area is 175 Å². The van der Waals surface area contributed by atoms with E-state index in [0.717, 1.165) is 22.8 Å². The highest BCUT2D eigenvalue weighted by molar-refractivity contribution is 7.17. The molecule has 0 aliphatic carbocycles. The van der Waals surface area contributed by atoms with Crippen molar-refractivity contribution in [2.24, 2.45) is 7.05 Å². The molecule has 1 aliphatic rings. The highest BCUT2D eigenvalue weighted by atomic mass is 32.1. The number of hydrogen-bond donors (Lipinski definition) is 0. The van der Waals surface area contributed by atoms with Crippen LogP contribution in [0.15, 0.2) is 35.7 Å². The summed E-state index contributed by atoms with van der Waals surface area (Å²) in [6.07, 6.45) is 0.660. The summed E-state index contributed by atoms with van der Waals surface area (Å²) in [5.74, 6) is 1.82. The van der Waals surface area contributed by atoms with Crippen LogP contribution in [0.2, 0.25) is 0 Å². The third kappa shape index (κ3) is 2.51. The predicted octanol–water partition coefficient (Wildman–Crippen LogP) is 6.51. The summed E-state index contributed by atoms with van der Waals surface area (Å²) in [4.78, 5) is 3.89. The molecule has 0 N–H and O–H groups in total. The molecule has 0 radical (unpaired) electrons. The van der Waals surface area contributed by atoms with Gasteiger partial charge in [-0.05, 0) is 41.8 Å². The Morgan fingerprint density at radius 2 is 2.00 bits per heavy atom. The van der Waals surface area contributed by atoms with Gasteiger partial charge >= 0.3 is 0 Å². The van der Waals surface area contributed by atoms with Crippen molar-refractivity contribution in [2.75, 3.05) is 0 Å². The zero-order valence-corrected chi connectivity index (χ0v) is 18.2. The highest BCUT2D eigenvalue weighted by Gasteiger charge is 2.37. The van der Waals surface area contributed by atoms with Gasteiger partial charge in [-0.2, -0.15) is 4.57 Å². The molecule has 0 saturated heterocycles. The van der Waals surface area contributed by atoms with Crippen LogP contribution < -0.4 is 9.30 Å². The van der Waals surface area contributed by atoms with E-state index in [1.54, 1.807) is 11.3 Å². The second-order valence-corrected chi connectivity index (χ2v) is 9.52. The zero-order valence-electron chi connectivity index (χ0n) is 17.4. The molecule has 2 aromatic carbocycles. The Hall–Kier alpha value is -2.90. The maximum absolute atomic E-state index is 7.66. The number of nitrogens with zero attached hydrogens (tertiary/aromatic N) is 2. The number of fused-ring (bicyclic) bond motifs is 3. The van der Waals surface area contributed by atoms with E-state index in [-0.39, 0.29) is 0 Å². The van der Waals surface area contributed by atoms with Crippen LogP contribution in [0.25, 0.3) is 37.1 Å². The number of benzene rings is 2. The third-order valence-electron chi connectivity index (χ3n) is 6.11. The second-order valence-electron chi connectivity index (χ2n) is 8.60. The van der Waals surface area contributed by atoms with Crippen LogP contribution in [-0.2, 0) is 13.5 Å². The van der Waals surface area contributed by atoms with Crippen LogP contribution in [0.1, 0.15) is 30.5 Å². The largest absolute Gasteiger partial charge is 0.449 e. The number of thiophene rings is 1. The van der Waals surface area contributed by atoms with Gasteiger partial charge in [0, 0.05) is 30.9 Å². The molecular formula is C25H23N2OS+. The molecule has 4 heteroatoms. The van der Waals surface area contributed by atoms with E-state index >= 15 is 0 Å². The number of aryl methyl sites for hydroxylation is 2. The molecule has 1 aliphatic heterocycles. The van der Waals surface area contributed by atoms with Gasteiger partial charge in [0.2, 0.25) is 16.8 Å². The minimum atomic E-state index is -0.484. The van der Waals surface area contributed by atoms with E-state index in [1.165, 1.54) is 37.7 Å². The topological polar surface area (TPSA) is 17.5 Å². The number of aromatic nitrogens is 1. The molecule has 144 valence electrons. The van der Waals surface area contributed by atoms with Crippen LogP contribution in [0.5, 0.6) is 11.5 Å². The Bertz CT molecular complexity index is 1370. The van der Waals surface area contributed by atoms with Crippen molar-refractivity contribution in [3.05, 3.63) is 63.8 Å². The van der Waals surface area contributed by atoms with Gasteiger partial charge in [0.15, 0.2) is 0 Å².